The van der Waals surface area contributed by atoms with Gasteiger partial charge in [-0.15, -0.1) is 0 Å². The number of para-hydroxylation sites is 2. The molecular formula is C24H20ClN3O3. The monoisotopic (exact) mass is 433 g/mol. The van der Waals surface area contributed by atoms with Gasteiger partial charge in [-0.2, -0.15) is 0 Å². The second-order valence-electron chi connectivity index (χ2n) is 6.73. The van der Waals surface area contributed by atoms with Crippen LogP contribution in [0.4, 0.5) is 16.2 Å². The molecule has 0 aliphatic carbocycles. The number of nitrogens with one attached hydrogen (secondary N) is 2. The maximum Gasteiger partial charge on any atom is 0.323 e. The minimum atomic E-state index is -0.383. The largest absolute Gasteiger partial charge is 0.496 e. The number of aromatic nitrogens is 1. The van der Waals surface area contributed by atoms with Gasteiger partial charge in [0, 0.05) is 27.7 Å². The van der Waals surface area contributed by atoms with Crippen molar-refractivity contribution in [3.63, 3.8) is 0 Å². The molecule has 4 rings (SSSR count). The van der Waals surface area contributed by atoms with E-state index in [0.717, 1.165) is 22.2 Å². The third-order valence-corrected chi connectivity index (χ3v) is 4.96. The van der Waals surface area contributed by atoms with E-state index in [2.05, 4.69) is 10.6 Å². The Labute approximate surface area is 184 Å². The molecule has 0 aliphatic heterocycles. The number of fused-ring (bicyclic) bond motifs is 1. The lowest BCUT2D eigenvalue weighted by Crippen LogP contribution is -2.19. The van der Waals surface area contributed by atoms with Gasteiger partial charge in [0.05, 0.1) is 31.1 Å². The molecule has 1 aromatic heterocycles. The van der Waals surface area contributed by atoms with Gasteiger partial charge < -0.3 is 20.1 Å². The molecule has 0 bridgehead atoms. The third kappa shape index (κ3) is 4.54. The normalized spacial score (nSPS) is 10.5. The Balaban J connectivity index is 1.61. The van der Waals surface area contributed by atoms with Crippen LogP contribution in [-0.2, 0) is 0 Å². The molecule has 0 saturated heterocycles. The summed E-state index contributed by atoms with van der Waals surface area (Å²) in [5.74, 6) is 1.23. The fourth-order valence-electron chi connectivity index (χ4n) is 3.27. The van der Waals surface area contributed by atoms with E-state index in [1.807, 2.05) is 54.6 Å². The Morgan fingerprint density at radius 2 is 1.68 bits per heavy atom. The standard InChI is InChI=1S/C24H20ClN3O3/c1-30-22-9-4-3-8-20(22)28-24(29)26-17-10-11-19-18(13-17)23(31-2)14-21(27-19)15-6-5-7-16(25)12-15/h3-14H,1-2H3,(H2,26,28,29). The summed E-state index contributed by atoms with van der Waals surface area (Å²) in [4.78, 5) is 17.2. The number of rotatable bonds is 5. The molecule has 0 saturated carbocycles. The minimum Gasteiger partial charge on any atom is -0.496 e. The fraction of sp³-hybridized carbons (Fsp3) is 0.0833. The Kier molecular flexibility index (Phi) is 5.91. The number of amides is 2. The first-order valence-corrected chi connectivity index (χ1v) is 9.91. The molecule has 7 heteroatoms. The third-order valence-electron chi connectivity index (χ3n) is 4.72. The molecule has 0 fully saturated rings. The van der Waals surface area contributed by atoms with Crippen molar-refractivity contribution in [1.82, 2.24) is 4.98 Å². The van der Waals surface area contributed by atoms with Crippen molar-refractivity contribution in [3.05, 3.63) is 77.8 Å². The molecule has 31 heavy (non-hydrogen) atoms. The summed E-state index contributed by atoms with van der Waals surface area (Å²) in [6.45, 7) is 0. The van der Waals surface area contributed by atoms with Crippen LogP contribution in [0.1, 0.15) is 0 Å². The van der Waals surface area contributed by atoms with Gasteiger partial charge in [-0.3, -0.25) is 0 Å². The number of hydrogen-bond donors (Lipinski definition) is 2. The number of pyridine rings is 1. The Morgan fingerprint density at radius 1 is 0.871 bits per heavy atom. The molecular weight excluding hydrogens is 414 g/mol. The summed E-state index contributed by atoms with van der Waals surface area (Å²) >= 11 is 6.12. The highest BCUT2D eigenvalue weighted by Crippen LogP contribution is 2.32. The van der Waals surface area contributed by atoms with Crippen LogP contribution in [0.15, 0.2) is 72.8 Å². The summed E-state index contributed by atoms with van der Waals surface area (Å²) in [5.41, 5.74) is 3.57. The maximum atomic E-state index is 12.5. The highest BCUT2D eigenvalue weighted by molar-refractivity contribution is 6.30. The highest BCUT2D eigenvalue weighted by Gasteiger charge is 2.12. The van der Waals surface area contributed by atoms with Gasteiger partial charge in [-0.25, -0.2) is 9.78 Å². The van der Waals surface area contributed by atoms with Crippen LogP contribution in [-0.4, -0.2) is 25.2 Å². The van der Waals surface area contributed by atoms with Crippen LogP contribution >= 0.6 is 11.6 Å². The predicted octanol–water partition coefficient (Wildman–Crippen LogP) is 6.22. The maximum absolute atomic E-state index is 12.5. The number of halogens is 1. The lowest BCUT2D eigenvalue weighted by atomic mass is 10.1. The zero-order valence-corrected chi connectivity index (χ0v) is 17.7. The molecule has 0 spiro atoms. The number of benzene rings is 3. The molecule has 0 unspecified atom stereocenters. The molecule has 3 aromatic carbocycles. The van der Waals surface area contributed by atoms with Crippen molar-refractivity contribution < 1.29 is 14.3 Å². The summed E-state index contributed by atoms with van der Waals surface area (Å²) in [6, 6.07) is 21.6. The molecule has 2 N–H and O–H groups in total. The fourth-order valence-corrected chi connectivity index (χ4v) is 3.46. The van der Waals surface area contributed by atoms with Crippen molar-refractivity contribution in [1.29, 1.82) is 0 Å². The first-order valence-electron chi connectivity index (χ1n) is 9.53. The van der Waals surface area contributed by atoms with Gasteiger partial charge >= 0.3 is 6.03 Å². The number of nitrogens with zero attached hydrogens (tertiary/aromatic N) is 1. The van der Waals surface area contributed by atoms with E-state index in [1.54, 1.807) is 32.4 Å². The summed E-state index contributed by atoms with van der Waals surface area (Å²) < 4.78 is 10.9. The molecule has 156 valence electrons. The zero-order chi connectivity index (χ0) is 21.8. The highest BCUT2D eigenvalue weighted by atomic mass is 35.5. The number of anilines is 2. The molecule has 4 aromatic rings. The zero-order valence-electron chi connectivity index (χ0n) is 17.0. The Morgan fingerprint density at radius 3 is 2.45 bits per heavy atom. The molecule has 0 radical (unpaired) electrons. The van der Waals surface area contributed by atoms with Crippen molar-refractivity contribution in [2.45, 2.75) is 0 Å². The summed E-state index contributed by atoms with van der Waals surface area (Å²) in [7, 11) is 3.16. The van der Waals surface area contributed by atoms with E-state index in [0.29, 0.717) is 27.9 Å². The van der Waals surface area contributed by atoms with Gasteiger partial charge in [0.2, 0.25) is 0 Å². The first-order chi connectivity index (χ1) is 15.1. The van der Waals surface area contributed by atoms with Crippen molar-refractivity contribution in [3.8, 4) is 22.8 Å². The average Bonchev–Trinajstić information content (AvgIpc) is 2.78. The van der Waals surface area contributed by atoms with Crippen LogP contribution < -0.4 is 20.1 Å². The molecule has 0 atom stereocenters. The van der Waals surface area contributed by atoms with Crippen LogP contribution in [0.5, 0.6) is 11.5 Å². The predicted molar refractivity (Wildman–Crippen MR) is 124 cm³/mol. The number of carbonyl (C=O) groups is 1. The Bertz CT molecular complexity index is 1260. The SMILES string of the molecule is COc1ccccc1NC(=O)Nc1ccc2nc(-c3cccc(Cl)c3)cc(OC)c2c1. The van der Waals surface area contributed by atoms with E-state index in [1.165, 1.54) is 0 Å². The smallest absolute Gasteiger partial charge is 0.323 e. The lowest BCUT2D eigenvalue weighted by Gasteiger charge is -2.13. The van der Waals surface area contributed by atoms with Gasteiger partial charge in [-0.05, 0) is 42.5 Å². The first kappa shape index (κ1) is 20.5. The van der Waals surface area contributed by atoms with E-state index < -0.39 is 0 Å². The molecule has 1 heterocycles. The van der Waals surface area contributed by atoms with Crippen molar-refractivity contribution >= 4 is 39.9 Å². The van der Waals surface area contributed by atoms with Crippen molar-refractivity contribution in [2.75, 3.05) is 24.9 Å². The van der Waals surface area contributed by atoms with E-state index in [4.69, 9.17) is 26.1 Å². The minimum absolute atomic E-state index is 0.383. The van der Waals surface area contributed by atoms with Gasteiger partial charge in [0.25, 0.3) is 0 Å². The summed E-state index contributed by atoms with van der Waals surface area (Å²) in [6.07, 6.45) is 0. The average molecular weight is 434 g/mol. The number of ether oxygens (including phenoxy) is 2. The van der Waals surface area contributed by atoms with Crippen LogP contribution in [0.25, 0.3) is 22.2 Å². The number of methoxy groups -OCH3 is 2. The van der Waals surface area contributed by atoms with E-state index in [9.17, 15) is 4.79 Å². The van der Waals surface area contributed by atoms with Crippen LogP contribution in [0, 0.1) is 0 Å². The van der Waals surface area contributed by atoms with Crippen molar-refractivity contribution in [2.24, 2.45) is 0 Å². The quantitative estimate of drug-likeness (QED) is 0.392. The number of carbonyl (C=O) groups excluding carboxylic acids is 1. The molecule has 0 aliphatic rings. The van der Waals surface area contributed by atoms with Crippen LogP contribution in [0.2, 0.25) is 5.02 Å². The van der Waals surface area contributed by atoms with Gasteiger partial charge in [-0.1, -0.05) is 35.9 Å². The molecule has 6 nitrogen and oxygen atoms in total. The Hall–Kier alpha value is -3.77. The molecule has 2 amide bonds. The lowest BCUT2D eigenvalue weighted by molar-refractivity contribution is 0.262. The summed E-state index contributed by atoms with van der Waals surface area (Å²) in [5, 5.41) is 7.04. The van der Waals surface area contributed by atoms with E-state index in [-0.39, 0.29) is 6.03 Å². The van der Waals surface area contributed by atoms with Gasteiger partial charge in [0.1, 0.15) is 11.5 Å². The second kappa shape index (κ2) is 8.93. The second-order valence-corrected chi connectivity index (χ2v) is 7.17. The number of urea groups is 1. The topological polar surface area (TPSA) is 72.5 Å². The van der Waals surface area contributed by atoms with Gasteiger partial charge in [0.15, 0.2) is 0 Å². The number of hydrogen-bond acceptors (Lipinski definition) is 4. The van der Waals surface area contributed by atoms with E-state index >= 15 is 0 Å². The van der Waals surface area contributed by atoms with Crippen LogP contribution in [0.3, 0.4) is 0 Å².